The number of nitrogens with one attached hydrogen (secondary N) is 2. The Labute approximate surface area is 161 Å². The zero-order valence-electron chi connectivity index (χ0n) is 16.1. The van der Waals surface area contributed by atoms with E-state index >= 15 is 0 Å². The molecule has 2 rings (SSSR count). The molecule has 0 fully saturated rings. The van der Waals surface area contributed by atoms with Crippen molar-refractivity contribution in [2.24, 2.45) is 0 Å². The number of rotatable bonds is 8. The van der Waals surface area contributed by atoms with Gasteiger partial charge in [0.15, 0.2) is 0 Å². The maximum Gasteiger partial charge on any atom is 0.240 e. The summed E-state index contributed by atoms with van der Waals surface area (Å²) in [6.07, 6.45) is 1.72. The maximum absolute atomic E-state index is 12.7. The first-order valence-corrected chi connectivity index (χ1v) is 10.3. The van der Waals surface area contributed by atoms with Crippen molar-refractivity contribution in [3.05, 3.63) is 53.1 Å². The van der Waals surface area contributed by atoms with Gasteiger partial charge in [0.25, 0.3) is 0 Å². The summed E-state index contributed by atoms with van der Waals surface area (Å²) in [5, 5.41) is 2.59. The summed E-state index contributed by atoms with van der Waals surface area (Å²) in [5.74, 6) is 0.0906. The zero-order chi connectivity index (χ0) is 20.0. The van der Waals surface area contributed by atoms with Gasteiger partial charge in [-0.25, -0.2) is 13.1 Å². The molecule has 0 saturated carbocycles. The van der Waals surface area contributed by atoms with Gasteiger partial charge in [-0.2, -0.15) is 0 Å². The minimum Gasteiger partial charge on any atom is -0.495 e. The first-order valence-electron chi connectivity index (χ1n) is 8.86. The molecule has 0 heterocycles. The number of carbonyl (C=O) groups excluding carboxylic acids is 1. The molecular weight excluding hydrogens is 364 g/mol. The molecule has 0 spiro atoms. The number of aryl methyl sites for hydroxylation is 2. The summed E-state index contributed by atoms with van der Waals surface area (Å²) < 4.78 is 33.3. The van der Waals surface area contributed by atoms with Gasteiger partial charge in [-0.1, -0.05) is 32.0 Å². The topological polar surface area (TPSA) is 84.5 Å². The molecular formula is C20H26N2O4S. The van der Waals surface area contributed by atoms with Crippen LogP contribution in [0, 0.1) is 0 Å². The van der Waals surface area contributed by atoms with E-state index in [2.05, 4.69) is 23.0 Å². The fraction of sp³-hybridized carbons (Fsp3) is 0.350. The average molecular weight is 391 g/mol. The van der Waals surface area contributed by atoms with Crippen LogP contribution in [0.15, 0.2) is 41.3 Å². The van der Waals surface area contributed by atoms with E-state index in [1.54, 1.807) is 0 Å². The highest BCUT2D eigenvalue weighted by atomic mass is 32.2. The number of ether oxygens (including phenoxy) is 1. The highest BCUT2D eigenvalue weighted by Gasteiger charge is 2.17. The summed E-state index contributed by atoms with van der Waals surface area (Å²) in [6.45, 7) is 5.67. The molecule has 2 aromatic carbocycles. The van der Waals surface area contributed by atoms with Gasteiger partial charge in [-0.15, -0.1) is 0 Å². The third-order valence-corrected chi connectivity index (χ3v) is 5.70. The van der Waals surface area contributed by atoms with Gasteiger partial charge in [0, 0.05) is 13.5 Å². The van der Waals surface area contributed by atoms with Crippen molar-refractivity contribution < 1.29 is 17.9 Å². The Morgan fingerprint density at radius 1 is 1.04 bits per heavy atom. The lowest BCUT2D eigenvalue weighted by Crippen LogP contribution is -2.24. The number of benzene rings is 2. The van der Waals surface area contributed by atoms with Crippen LogP contribution in [-0.2, 0) is 34.2 Å². The lowest BCUT2D eigenvalue weighted by Gasteiger charge is -2.14. The van der Waals surface area contributed by atoms with E-state index < -0.39 is 10.0 Å². The molecule has 0 atom stereocenters. The second kappa shape index (κ2) is 9.01. The zero-order valence-corrected chi connectivity index (χ0v) is 16.9. The minimum atomic E-state index is -3.74. The van der Waals surface area contributed by atoms with Crippen LogP contribution in [0.1, 0.15) is 37.5 Å². The summed E-state index contributed by atoms with van der Waals surface area (Å²) >= 11 is 0. The molecule has 2 N–H and O–H groups in total. The van der Waals surface area contributed by atoms with Gasteiger partial charge in [-0.05, 0) is 47.7 Å². The number of hydrogen-bond acceptors (Lipinski definition) is 4. The van der Waals surface area contributed by atoms with Crippen LogP contribution in [-0.4, -0.2) is 21.4 Å². The van der Waals surface area contributed by atoms with Crippen LogP contribution in [0.2, 0.25) is 0 Å². The fourth-order valence-corrected chi connectivity index (χ4v) is 3.84. The van der Waals surface area contributed by atoms with Crippen LogP contribution >= 0.6 is 0 Å². The van der Waals surface area contributed by atoms with Crippen molar-refractivity contribution in [1.29, 1.82) is 0 Å². The highest BCUT2D eigenvalue weighted by molar-refractivity contribution is 7.89. The Hall–Kier alpha value is -2.38. The fourth-order valence-electron chi connectivity index (χ4n) is 2.81. The van der Waals surface area contributed by atoms with E-state index in [1.165, 1.54) is 37.8 Å². The minimum absolute atomic E-state index is 0.0664. The molecule has 0 aliphatic carbocycles. The first-order chi connectivity index (χ1) is 12.8. The van der Waals surface area contributed by atoms with E-state index in [0.717, 1.165) is 24.0 Å². The van der Waals surface area contributed by atoms with Crippen LogP contribution in [0.3, 0.4) is 0 Å². The number of carbonyl (C=O) groups is 1. The van der Waals surface area contributed by atoms with Gasteiger partial charge < -0.3 is 10.1 Å². The molecule has 27 heavy (non-hydrogen) atoms. The maximum atomic E-state index is 12.7. The number of sulfonamides is 1. The predicted octanol–water partition coefficient (Wildman–Crippen LogP) is 3.26. The van der Waals surface area contributed by atoms with Crippen molar-refractivity contribution in [3.8, 4) is 5.75 Å². The van der Waals surface area contributed by atoms with Gasteiger partial charge >= 0.3 is 0 Å². The molecule has 0 radical (unpaired) electrons. The van der Waals surface area contributed by atoms with Crippen molar-refractivity contribution >= 4 is 21.6 Å². The molecule has 0 aliphatic heterocycles. The Morgan fingerprint density at radius 2 is 1.78 bits per heavy atom. The van der Waals surface area contributed by atoms with E-state index in [-0.39, 0.29) is 17.3 Å². The Kier molecular flexibility index (Phi) is 6.98. The molecule has 6 nitrogen and oxygen atoms in total. The van der Waals surface area contributed by atoms with Gasteiger partial charge in [0.05, 0.1) is 17.7 Å². The lowest BCUT2D eigenvalue weighted by atomic mass is 10.0. The van der Waals surface area contributed by atoms with Gasteiger partial charge in [-0.3, -0.25) is 4.79 Å². The average Bonchev–Trinajstić information content (AvgIpc) is 2.65. The van der Waals surface area contributed by atoms with Crippen LogP contribution in [0.4, 0.5) is 5.69 Å². The van der Waals surface area contributed by atoms with Crippen molar-refractivity contribution in [1.82, 2.24) is 4.72 Å². The van der Waals surface area contributed by atoms with Crippen molar-refractivity contribution in [3.63, 3.8) is 0 Å². The second-order valence-corrected chi connectivity index (χ2v) is 7.94. The first kappa shape index (κ1) is 20.9. The largest absolute Gasteiger partial charge is 0.495 e. The molecule has 0 aromatic heterocycles. The summed E-state index contributed by atoms with van der Waals surface area (Å²) in [4.78, 5) is 11.4. The molecule has 0 saturated heterocycles. The Bertz CT molecular complexity index is 924. The van der Waals surface area contributed by atoms with E-state index in [0.29, 0.717) is 11.4 Å². The molecule has 7 heteroatoms. The number of hydrogen-bond donors (Lipinski definition) is 2. The Balaban J connectivity index is 2.28. The highest BCUT2D eigenvalue weighted by Crippen LogP contribution is 2.27. The van der Waals surface area contributed by atoms with Crippen LogP contribution < -0.4 is 14.8 Å². The number of methoxy groups -OCH3 is 1. The summed E-state index contributed by atoms with van der Waals surface area (Å²) in [7, 11) is -2.28. The summed E-state index contributed by atoms with van der Waals surface area (Å²) in [5.41, 5.74) is 3.56. The third-order valence-electron chi connectivity index (χ3n) is 4.30. The van der Waals surface area contributed by atoms with E-state index in [4.69, 9.17) is 4.74 Å². The standard InChI is InChI=1S/C20H26N2O4S/c1-5-15-7-8-16(6-2)17(11-15)13-21-27(24,25)18-9-10-20(26-4)19(12-18)22-14(3)23/h7-12,21H,5-6,13H2,1-4H3,(H,22,23). The molecule has 0 unspecified atom stereocenters. The molecule has 0 bridgehead atoms. The molecule has 1 amide bonds. The molecule has 146 valence electrons. The molecule has 2 aromatic rings. The van der Waals surface area contributed by atoms with Crippen molar-refractivity contribution in [2.75, 3.05) is 12.4 Å². The number of amides is 1. The molecule has 0 aliphatic rings. The number of anilines is 1. The van der Waals surface area contributed by atoms with E-state index in [9.17, 15) is 13.2 Å². The van der Waals surface area contributed by atoms with Crippen LogP contribution in [0.25, 0.3) is 0 Å². The predicted molar refractivity (Wildman–Crippen MR) is 107 cm³/mol. The lowest BCUT2D eigenvalue weighted by molar-refractivity contribution is -0.114. The normalized spacial score (nSPS) is 11.3. The summed E-state index contributed by atoms with van der Waals surface area (Å²) in [6, 6.07) is 10.5. The SMILES string of the molecule is CCc1ccc(CC)c(CNS(=O)(=O)c2ccc(OC)c(NC(C)=O)c2)c1. The van der Waals surface area contributed by atoms with Crippen molar-refractivity contribution in [2.45, 2.75) is 45.1 Å². The van der Waals surface area contributed by atoms with Crippen LogP contribution in [0.5, 0.6) is 5.75 Å². The smallest absolute Gasteiger partial charge is 0.240 e. The van der Waals surface area contributed by atoms with Gasteiger partial charge in [0.2, 0.25) is 15.9 Å². The Morgan fingerprint density at radius 3 is 2.37 bits per heavy atom. The quantitative estimate of drug-likeness (QED) is 0.725. The van der Waals surface area contributed by atoms with Gasteiger partial charge in [0.1, 0.15) is 5.75 Å². The van der Waals surface area contributed by atoms with E-state index in [1.807, 2.05) is 19.1 Å². The second-order valence-electron chi connectivity index (χ2n) is 6.18. The third kappa shape index (κ3) is 5.30. The monoisotopic (exact) mass is 390 g/mol.